The van der Waals surface area contributed by atoms with E-state index in [1.807, 2.05) is 60.0 Å². The van der Waals surface area contributed by atoms with Gasteiger partial charge in [-0.1, -0.05) is 46.4 Å². The summed E-state index contributed by atoms with van der Waals surface area (Å²) in [7, 11) is 3.21. The monoisotopic (exact) mass is 984 g/mol. The Morgan fingerprint density at radius 2 is 1.22 bits per heavy atom. The van der Waals surface area contributed by atoms with Gasteiger partial charge in [0.05, 0.1) is 40.7 Å². The Labute approximate surface area is 371 Å². The molecule has 0 unspecified atom stereocenters. The van der Waals surface area contributed by atoms with Crippen molar-refractivity contribution >= 4 is 92.2 Å². The molecule has 0 N–H and O–H groups in total. The van der Waals surface area contributed by atoms with Gasteiger partial charge in [-0.25, -0.2) is 4.68 Å². The normalized spacial score (nSPS) is 16.9. The van der Waals surface area contributed by atoms with E-state index < -0.39 is 0 Å². The molecule has 2 amide bonds. The number of benzene rings is 2. The first-order valence-electron chi connectivity index (χ1n) is 18.6. The number of hydrogen-bond donors (Lipinski definition) is 0. The number of carbonyl (C=O) groups is 2. The maximum Gasteiger partial charge on any atom is 0.244 e. The number of rotatable bonds is 9. The van der Waals surface area contributed by atoms with E-state index in [1.165, 1.54) is 0 Å². The van der Waals surface area contributed by atoms with Crippen LogP contribution in [0.5, 0.6) is 11.5 Å². The summed E-state index contributed by atoms with van der Waals surface area (Å²) in [5, 5.41) is 15.3. The first-order valence-corrected chi connectivity index (χ1v) is 21.2. The molecule has 5 aromatic rings. The van der Waals surface area contributed by atoms with Crippen LogP contribution in [-0.2, 0) is 22.7 Å². The van der Waals surface area contributed by atoms with Crippen LogP contribution in [0.4, 0.5) is 11.4 Å². The van der Waals surface area contributed by atoms with Crippen LogP contribution in [0.3, 0.4) is 0 Å². The summed E-state index contributed by atoms with van der Waals surface area (Å²) in [6.07, 6.45) is 3.43. The van der Waals surface area contributed by atoms with Crippen LogP contribution in [0.15, 0.2) is 54.9 Å². The minimum Gasteiger partial charge on any atom is -0.495 e. The van der Waals surface area contributed by atoms with E-state index in [4.69, 9.17) is 55.9 Å². The standard InChI is InChI=1S/C21H24Cl2N6O2.C18H21Cl2IN4O2/c1-14-12-26(16-5-6-17(22)18(11-16)31-3)9-10-27(14)19(30)13-29-15(2)20(23)21(25-29)28-8-4-7-24-28;1-11-9-23(13-4-5-14(19)15(8-13)27-3)6-7-24(11)16(26)10-25-12(2)17(20)18(21)22-25/h4-8,11,14H,9-10,12-13H2,1-3H3;4-5,8,11H,6-7,9-10H2,1-3H3/t14-;11-/m00/s1. The third-order valence-corrected chi connectivity index (χ3v) is 13.0. The van der Waals surface area contributed by atoms with Gasteiger partial charge in [0.1, 0.15) is 33.3 Å². The van der Waals surface area contributed by atoms with E-state index in [-0.39, 0.29) is 37.0 Å². The highest BCUT2D eigenvalue weighted by atomic mass is 127. The van der Waals surface area contributed by atoms with Crippen LogP contribution in [0, 0.1) is 17.5 Å². The molecule has 0 radical (unpaired) electrons. The third kappa shape index (κ3) is 9.59. The van der Waals surface area contributed by atoms with Gasteiger partial charge in [0.15, 0.2) is 5.82 Å². The molecule has 310 valence electrons. The van der Waals surface area contributed by atoms with Crippen molar-refractivity contribution in [2.45, 2.75) is 52.9 Å². The second-order valence-corrected chi connectivity index (χ2v) is 16.7. The van der Waals surface area contributed by atoms with Crippen molar-refractivity contribution in [2.75, 3.05) is 63.3 Å². The van der Waals surface area contributed by atoms with Crippen LogP contribution in [0.1, 0.15) is 25.2 Å². The van der Waals surface area contributed by atoms with Crippen LogP contribution in [0.25, 0.3) is 5.82 Å². The summed E-state index contributed by atoms with van der Waals surface area (Å²) in [5.74, 6) is 1.88. The number of ether oxygens (including phenoxy) is 2. The van der Waals surface area contributed by atoms with Gasteiger partial charge in [-0.3, -0.25) is 19.0 Å². The number of piperazine rings is 2. The number of anilines is 2. The molecule has 0 bridgehead atoms. The Kier molecular flexibility index (Phi) is 14.3. The van der Waals surface area contributed by atoms with Gasteiger partial charge in [0.25, 0.3) is 0 Å². The average Bonchev–Trinajstić information content (AvgIpc) is 3.91. The molecule has 2 aliphatic heterocycles. The predicted octanol–water partition coefficient (Wildman–Crippen LogP) is 7.28. The Bertz CT molecular complexity index is 2250. The minimum absolute atomic E-state index is 0.00937. The molecule has 2 aromatic carbocycles. The molecule has 2 fully saturated rings. The predicted molar refractivity (Wildman–Crippen MR) is 237 cm³/mol. The molecule has 5 heterocycles. The second kappa shape index (κ2) is 19.0. The molecule has 2 aliphatic rings. The molecule has 2 saturated heterocycles. The highest BCUT2D eigenvalue weighted by Crippen LogP contribution is 2.32. The first kappa shape index (κ1) is 43.7. The molecule has 0 saturated carbocycles. The zero-order valence-electron chi connectivity index (χ0n) is 33.0. The van der Waals surface area contributed by atoms with Crippen LogP contribution >= 0.6 is 69.0 Å². The van der Waals surface area contributed by atoms with E-state index in [2.05, 4.69) is 61.5 Å². The van der Waals surface area contributed by atoms with Gasteiger partial charge in [-0.15, -0.1) is 0 Å². The van der Waals surface area contributed by atoms with Crippen LogP contribution in [-0.4, -0.2) is 117 Å². The molecule has 0 aliphatic carbocycles. The molecule has 7 rings (SSSR count). The number of methoxy groups -OCH3 is 2. The quantitative estimate of drug-likeness (QED) is 0.141. The van der Waals surface area contributed by atoms with Crippen molar-refractivity contribution in [3.63, 3.8) is 0 Å². The second-order valence-electron chi connectivity index (χ2n) is 14.1. The Balaban J connectivity index is 0.000000198. The largest absolute Gasteiger partial charge is 0.495 e. The minimum atomic E-state index is 0.00937. The fourth-order valence-corrected chi connectivity index (χ4v) is 8.50. The van der Waals surface area contributed by atoms with Crippen molar-refractivity contribution in [2.24, 2.45) is 0 Å². The van der Waals surface area contributed by atoms with E-state index >= 15 is 0 Å². The van der Waals surface area contributed by atoms with Crippen molar-refractivity contribution < 1.29 is 19.1 Å². The molecule has 58 heavy (non-hydrogen) atoms. The van der Waals surface area contributed by atoms with E-state index in [1.54, 1.807) is 46.7 Å². The smallest absolute Gasteiger partial charge is 0.244 e. The van der Waals surface area contributed by atoms with Gasteiger partial charge in [0, 0.05) is 87.3 Å². The lowest BCUT2D eigenvalue weighted by Crippen LogP contribution is -2.54. The fraction of sp³-hybridized carbons (Fsp3) is 0.410. The van der Waals surface area contributed by atoms with Crippen molar-refractivity contribution in [1.82, 2.24) is 39.1 Å². The number of aromatic nitrogens is 6. The number of nitrogens with zero attached hydrogens (tertiary/aromatic N) is 10. The van der Waals surface area contributed by atoms with Crippen molar-refractivity contribution in [3.05, 3.63) is 90.0 Å². The molecular formula is C39H45Cl4IN10O4. The lowest BCUT2D eigenvalue weighted by Gasteiger charge is -2.41. The van der Waals surface area contributed by atoms with Gasteiger partial charge < -0.3 is 29.1 Å². The summed E-state index contributed by atoms with van der Waals surface area (Å²) >= 11 is 26.9. The lowest BCUT2D eigenvalue weighted by molar-refractivity contribution is -0.135. The third-order valence-electron chi connectivity index (χ3n) is 10.4. The van der Waals surface area contributed by atoms with Gasteiger partial charge >= 0.3 is 0 Å². The zero-order valence-corrected chi connectivity index (χ0v) is 38.2. The summed E-state index contributed by atoms with van der Waals surface area (Å²) in [6.45, 7) is 12.4. The molecular weight excluding hydrogens is 941 g/mol. The van der Waals surface area contributed by atoms with Gasteiger partial charge in [-0.05, 0) is 80.6 Å². The molecule has 0 spiro atoms. The topological polar surface area (TPSA) is 119 Å². The summed E-state index contributed by atoms with van der Waals surface area (Å²) in [5.41, 5.74) is 3.62. The van der Waals surface area contributed by atoms with Gasteiger partial charge in [-0.2, -0.15) is 15.3 Å². The lowest BCUT2D eigenvalue weighted by atomic mass is 10.1. The summed E-state index contributed by atoms with van der Waals surface area (Å²) < 4.78 is 16.3. The Morgan fingerprint density at radius 1 is 0.741 bits per heavy atom. The SMILES string of the molecule is COc1cc(N2CCN(C(=O)Cn3nc(-n4cccn4)c(Cl)c3C)[C@@H](C)C2)ccc1Cl.COc1cc(N2CCN(C(=O)Cn3nc(I)c(Cl)c3C)[C@@H](C)C2)ccc1Cl. The number of hydrogen-bond acceptors (Lipinski definition) is 9. The number of halogens is 5. The molecule has 3 aromatic heterocycles. The average molecular weight is 987 g/mol. The maximum atomic E-state index is 13.1. The summed E-state index contributed by atoms with van der Waals surface area (Å²) in [6, 6.07) is 13.4. The van der Waals surface area contributed by atoms with Crippen LogP contribution < -0.4 is 19.3 Å². The molecule has 14 nitrogen and oxygen atoms in total. The van der Waals surface area contributed by atoms with Crippen LogP contribution in [0.2, 0.25) is 20.1 Å². The van der Waals surface area contributed by atoms with Gasteiger partial charge in [0.2, 0.25) is 11.8 Å². The fourth-order valence-electron chi connectivity index (χ4n) is 7.10. The first-order chi connectivity index (χ1) is 27.7. The van der Waals surface area contributed by atoms with Crippen molar-refractivity contribution in [3.8, 4) is 17.3 Å². The highest BCUT2D eigenvalue weighted by Gasteiger charge is 2.30. The van der Waals surface area contributed by atoms with Crippen molar-refractivity contribution in [1.29, 1.82) is 0 Å². The van der Waals surface area contributed by atoms with E-state index in [0.717, 1.165) is 42.4 Å². The Hall–Kier alpha value is -3.90. The maximum absolute atomic E-state index is 13.1. The number of amides is 2. The molecule has 2 atom stereocenters. The highest BCUT2D eigenvalue weighted by molar-refractivity contribution is 14.1. The van der Waals surface area contributed by atoms with E-state index in [0.29, 0.717) is 60.7 Å². The summed E-state index contributed by atoms with van der Waals surface area (Å²) in [4.78, 5) is 34.2. The zero-order chi connectivity index (χ0) is 41.8. The van der Waals surface area contributed by atoms with E-state index in [9.17, 15) is 9.59 Å². The molecule has 19 heteroatoms. The Morgan fingerprint density at radius 3 is 1.64 bits per heavy atom. The number of carbonyl (C=O) groups excluding carboxylic acids is 2.